The van der Waals surface area contributed by atoms with Crippen molar-refractivity contribution in [2.24, 2.45) is 0 Å². The Bertz CT molecular complexity index is 696. The molecule has 1 aliphatic rings. The maximum absolute atomic E-state index is 11.9. The summed E-state index contributed by atoms with van der Waals surface area (Å²) in [5.41, 5.74) is 7.50. The van der Waals surface area contributed by atoms with Gasteiger partial charge in [-0.15, -0.1) is 5.10 Å². The van der Waals surface area contributed by atoms with Crippen LogP contribution in [0.2, 0.25) is 5.02 Å². The van der Waals surface area contributed by atoms with Gasteiger partial charge in [-0.05, 0) is 36.5 Å². The highest BCUT2D eigenvalue weighted by atomic mass is 35.5. The first kappa shape index (κ1) is 13.7. The summed E-state index contributed by atoms with van der Waals surface area (Å²) in [5.74, 6) is 0.486. The van der Waals surface area contributed by atoms with E-state index in [1.807, 2.05) is 6.07 Å². The van der Waals surface area contributed by atoms with E-state index in [2.05, 4.69) is 20.5 Å². The van der Waals surface area contributed by atoms with E-state index in [4.69, 9.17) is 22.1 Å². The van der Waals surface area contributed by atoms with Gasteiger partial charge >= 0.3 is 5.97 Å². The van der Waals surface area contributed by atoms with Crippen molar-refractivity contribution in [3.8, 4) is 0 Å². The zero-order valence-electron chi connectivity index (χ0n) is 11.3. The van der Waals surface area contributed by atoms with Crippen molar-refractivity contribution in [3.63, 3.8) is 0 Å². The highest BCUT2D eigenvalue weighted by molar-refractivity contribution is 6.34. The van der Waals surface area contributed by atoms with E-state index in [1.165, 1.54) is 7.11 Å². The van der Waals surface area contributed by atoms with Crippen molar-refractivity contribution in [1.82, 2.24) is 15.2 Å². The number of rotatable bonds is 4. The van der Waals surface area contributed by atoms with Gasteiger partial charge in [-0.3, -0.25) is 0 Å². The third-order valence-electron chi connectivity index (χ3n) is 3.29. The van der Waals surface area contributed by atoms with Gasteiger partial charge in [-0.2, -0.15) is 4.98 Å². The summed E-state index contributed by atoms with van der Waals surface area (Å²) >= 11 is 6.24. The lowest BCUT2D eigenvalue weighted by atomic mass is 10.0. The Labute approximate surface area is 125 Å². The summed E-state index contributed by atoms with van der Waals surface area (Å²) < 4.78 is 4.81. The fourth-order valence-corrected chi connectivity index (χ4v) is 2.50. The SMILES string of the molecule is COC(=O)c1c(Cl)cc(Nc2n[nH]c(N)n2)cc1C1CC1. The summed E-state index contributed by atoms with van der Waals surface area (Å²) in [6, 6.07) is 3.52. The van der Waals surface area contributed by atoms with Gasteiger partial charge in [0.25, 0.3) is 0 Å². The van der Waals surface area contributed by atoms with E-state index in [9.17, 15) is 4.79 Å². The Morgan fingerprint density at radius 3 is 2.86 bits per heavy atom. The molecule has 21 heavy (non-hydrogen) atoms. The van der Waals surface area contributed by atoms with Crippen LogP contribution in [0.4, 0.5) is 17.6 Å². The molecule has 1 heterocycles. The third kappa shape index (κ3) is 2.78. The lowest BCUT2D eigenvalue weighted by Gasteiger charge is -2.12. The second-order valence-corrected chi connectivity index (χ2v) is 5.26. The number of H-pyrrole nitrogens is 1. The first-order valence-electron chi connectivity index (χ1n) is 6.45. The van der Waals surface area contributed by atoms with Crippen LogP contribution in [0.15, 0.2) is 12.1 Å². The second-order valence-electron chi connectivity index (χ2n) is 4.86. The number of esters is 1. The first-order chi connectivity index (χ1) is 10.1. The lowest BCUT2D eigenvalue weighted by molar-refractivity contribution is 0.0599. The highest BCUT2D eigenvalue weighted by Gasteiger charge is 2.30. The van der Waals surface area contributed by atoms with Crippen LogP contribution in [-0.4, -0.2) is 28.3 Å². The Balaban J connectivity index is 1.97. The van der Waals surface area contributed by atoms with Crippen LogP contribution in [0.1, 0.15) is 34.7 Å². The fourth-order valence-electron chi connectivity index (χ4n) is 2.19. The monoisotopic (exact) mass is 307 g/mol. The van der Waals surface area contributed by atoms with Crippen LogP contribution in [0.25, 0.3) is 0 Å². The van der Waals surface area contributed by atoms with Gasteiger partial charge in [0.15, 0.2) is 0 Å². The van der Waals surface area contributed by atoms with Gasteiger partial charge in [0, 0.05) is 5.69 Å². The maximum atomic E-state index is 11.9. The summed E-state index contributed by atoms with van der Waals surface area (Å²) in [4.78, 5) is 15.9. The van der Waals surface area contributed by atoms with Crippen LogP contribution in [0.3, 0.4) is 0 Å². The largest absolute Gasteiger partial charge is 0.465 e. The van der Waals surface area contributed by atoms with Crippen LogP contribution in [-0.2, 0) is 4.74 Å². The average Bonchev–Trinajstić information content (AvgIpc) is 3.21. The summed E-state index contributed by atoms with van der Waals surface area (Å²) in [7, 11) is 1.35. The van der Waals surface area contributed by atoms with Crippen molar-refractivity contribution < 1.29 is 9.53 Å². The summed E-state index contributed by atoms with van der Waals surface area (Å²) in [6.45, 7) is 0. The fraction of sp³-hybridized carbons (Fsp3) is 0.308. The van der Waals surface area contributed by atoms with Crippen LogP contribution >= 0.6 is 11.6 Å². The van der Waals surface area contributed by atoms with E-state index >= 15 is 0 Å². The second kappa shape index (κ2) is 5.25. The standard InChI is InChI=1S/C13H14ClN5O2/c1-21-11(20)10-8(6-2-3-6)4-7(5-9(10)14)16-13-17-12(15)18-19-13/h4-6H,2-3H2,1H3,(H4,15,16,17,18,19). The zero-order valence-corrected chi connectivity index (χ0v) is 12.1. The molecule has 0 bridgehead atoms. The van der Waals surface area contributed by atoms with Crippen molar-refractivity contribution in [1.29, 1.82) is 0 Å². The van der Waals surface area contributed by atoms with Gasteiger partial charge in [-0.25, -0.2) is 9.89 Å². The molecule has 1 fully saturated rings. The first-order valence-corrected chi connectivity index (χ1v) is 6.83. The smallest absolute Gasteiger partial charge is 0.339 e. The van der Waals surface area contributed by atoms with E-state index in [-0.39, 0.29) is 5.95 Å². The quantitative estimate of drug-likeness (QED) is 0.749. The molecule has 0 radical (unpaired) electrons. The topological polar surface area (TPSA) is 106 Å². The number of anilines is 3. The zero-order chi connectivity index (χ0) is 15.0. The number of hydrogen-bond acceptors (Lipinski definition) is 6. The van der Waals surface area contributed by atoms with Crippen molar-refractivity contribution in [2.75, 3.05) is 18.2 Å². The number of nitrogens with two attached hydrogens (primary N) is 1. The maximum Gasteiger partial charge on any atom is 0.339 e. The minimum Gasteiger partial charge on any atom is -0.465 e. The Kier molecular flexibility index (Phi) is 3.42. The highest BCUT2D eigenvalue weighted by Crippen LogP contribution is 2.44. The number of nitrogen functional groups attached to an aromatic ring is 1. The molecule has 0 spiro atoms. The number of nitrogens with one attached hydrogen (secondary N) is 2. The molecule has 0 saturated heterocycles. The van der Waals surface area contributed by atoms with Gasteiger partial charge in [0.05, 0.1) is 17.7 Å². The van der Waals surface area contributed by atoms with Gasteiger partial charge < -0.3 is 15.8 Å². The molecule has 8 heteroatoms. The molecule has 4 N–H and O–H groups in total. The third-order valence-corrected chi connectivity index (χ3v) is 3.58. The van der Waals surface area contributed by atoms with Crippen molar-refractivity contribution in [3.05, 3.63) is 28.3 Å². The molecular formula is C13H14ClN5O2. The molecular weight excluding hydrogens is 294 g/mol. The Hall–Kier alpha value is -2.28. The summed E-state index contributed by atoms with van der Waals surface area (Å²) in [5, 5.41) is 9.78. The Morgan fingerprint density at radius 1 is 1.52 bits per heavy atom. The number of methoxy groups -OCH3 is 1. The minimum atomic E-state index is -0.421. The number of halogens is 1. The molecule has 0 unspecified atom stereocenters. The molecule has 0 aliphatic heterocycles. The van der Waals surface area contributed by atoms with Gasteiger partial charge in [0.2, 0.25) is 11.9 Å². The average molecular weight is 308 g/mol. The lowest BCUT2D eigenvalue weighted by Crippen LogP contribution is -2.07. The molecule has 2 aromatic rings. The number of nitrogens with zero attached hydrogens (tertiary/aromatic N) is 2. The molecule has 110 valence electrons. The van der Waals surface area contributed by atoms with Crippen LogP contribution in [0, 0.1) is 0 Å². The van der Waals surface area contributed by atoms with E-state index in [0.29, 0.717) is 28.1 Å². The van der Waals surface area contributed by atoms with Crippen molar-refractivity contribution >= 4 is 35.2 Å². The molecule has 1 aromatic carbocycles. The number of carbonyl (C=O) groups is 1. The number of benzene rings is 1. The normalized spacial score (nSPS) is 14.0. The molecule has 1 aliphatic carbocycles. The molecule has 3 rings (SSSR count). The van der Waals surface area contributed by atoms with E-state index in [0.717, 1.165) is 18.4 Å². The number of hydrogen-bond donors (Lipinski definition) is 3. The Morgan fingerprint density at radius 2 is 2.29 bits per heavy atom. The number of ether oxygens (including phenoxy) is 1. The van der Waals surface area contributed by atoms with E-state index < -0.39 is 5.97 Å². The number of aromatic amines is 1. The predicted octanol–water partition coefficient (Wildman–Crippen LogP) is 2.45. The predicted molar refractivity (Wildman–Crippen MR) is 78.8 cm³/mol. The molecule has 1 aromatic heterocycles. The van der Waals surface area contributed by atoms with Crippen LogP contribution < -0.4 is 11.1 Å². The van der Waals surface area contributed by atoms with Crippen LogP contribution in [0.5, 0.6) is 0 Å². The molecule has 1 saturated carbocycles. The van der Waals surface area contributed by atoms with Crippen molar-refractivity contribution in [2.45, 2.75) is 18.8 Å². The molecule has 7 nitrogen and oxygen atoms in total. The molecule has 0 amide bonds. The van der Waals surface area contributed by atoms with E-state index in [1.54, 1.807) is 6.07 Å². The van der Waals surface area contributed by atoms with Gasteiger partial charge in [0.1, 0.15) is 0 Å². The minimum absolute atomic E-state index is 0.220. The molecule has 0 atom stereocenters. The summed E-state index contributed by atoms with van der Waals surface area (Å²) in [6.07, 6.45) is 2.08. The number of carbonyl (C=O) groups excluding carboxylic acids is 1. The number of aromatic nitrogens is 3. The van der Waals surface area contributed by atoms with Gasteiger partial charge in [-0.1, -0.05) is 11.6 Å².